The molecule has 43 heavy (non-hydrogen) atoms. The van der Waals surface area contributed by atoms with Crippen molar-refractivity contribution in [2.45, 2.75) is 0 Å². The minimum Gasteiger partial charge on any atom is -0.399 e. The molecule has 0 fully saturated rings. The highest BCUT2D eigenvalue weighted by Crippen LogP contribution is 2.26. The third kappa shape index (κ3) is 12.3. The summed E-state index contributed by atoms with van der Waals surface area (Å²) in [6, 6.07) is 17.9. The second-order valence-corrected chi connectivity index (χ2v) is 8.99. The molecule has 4 aromatic rings. The van der Waals surface area contributed by atoms with Crippen LogP contribution in [0.5, 0.6) is 0 Å². The van der Waals surface area contributed by atoms with Crippen LogP contribution in [-0.4, -0.2) is 19.7 Å². The van der Waals surface area contributed by atoms with Gasteiger partial charge in [-0.3, -0.25) is 40.5 Å². The number of rotatable bonds is 4. The molecule has 0 radical (unpaired) electrons. The molecular weight excluding hydrogens is 635 g/mol. The molecule has 8 N–H and O–H groups in total. The number of nitrogen functional groups attached to an aromatic ring is 4. The fourth-order valence-electron chi connectivity index (χ4n) is 2.57. The summed E-state index contributed by atoms with van der Waals surface area (Å²) >= 11 is 16.5. The van der Waals surface area contributed by atoms with E-state index < -0.39 is 19.7 Å². The SMILES string of the molecule is Nc1ccc(Cl)c([N+](=O)[O-])c1.Nc1ccc(Cl)cc1[N+](=O)[O-].Nc1ccc([N+](=O)[O-])cc1.Nc1ccc([N+](=O)[O-])cc1Cl. The topological polar surface area (TPSA) is 277 Å². The Bertz CT molecular complexity index is 1560. The van der Waals surface area contributed by atoms with Gasteiger partial charge >= 0.3 is 0 Å². The summed E-state index contributed by atoms with van der Waals surface area (Å²) in [5.74, 6) is 0. The largest absolute Gasteiger partial charge is 0.399 e. The van der Waals surface area contributed by atoms with Crippen LogP contribution in [0.1, 0.15) is 0 Å². The molecule has 0 amide bonds. The molecule has 0 unspecified atom stereocenters. The van der Waals surface area contributed by atoms with E-state index in [0.29, 0.717) is 22.1 Å². The van der Waals surface area contributed by atoms with Crippen molar-refractivity contribution in [1.82, 2.24) is 0 Å². The summed E-state index contributed by atoms with van der Waals surface area (Å²) in [5, 5.41) is 41.3. The van der Waals surface area contributed by atoms with Crippen LogP contribution in [-0.2, 0) is 0 Å². The summed E-state index contributed by atoms with van der Waals surface area (Å²) in [5.41, 5.74) is 22.3. The van der Waals surface area contributed by atoms with Gasteiger partial charge in [0.2, 0.25) is 0 Å². The van der Waals surface area contributed by atoms with Gasteiger partial charge in [0.15, 0.2) is 0 Å². The van der Waals surface area contributed by atoms with Gasteiger partial charge in [0.1, 0.15) is 10.7 Å². The van der Waals surface area contributed by atoms with Crippen molar-refractivity contribution in [2.24, 2.45) is 0 Å². The normalized spacial score (nSPS) is 9.47. The number of halogens is 3. The highest BCUT2D eigenvalue weighted by Gasteiger charge is 2.11. The first-order valence-corrected chi connectivity index (χ1v) is 12.2. The smallest absolute Gasteiger partial charge is 0.293 e. The van der Waals surface area contributed by atoms with E-state index in [1.165, 1.54) is 78.9 Å². The van der Waals surface area contributed by atoms with Crippen LogP contribution in [0.25, 0.3) is 0 Å². The quantitative estimate of drug-likeness (QED) is 0.102. The van der Waals surface area contributed by atoms with E-state index in [4.69, 9.17) is 57.7 Å². The Balaban J connectivity index is 0.000000287. The lowest BCUT2D eigenvalue weighted by Gasteiger charge is -1.95. The summed E-state index contributed by atoms with van der Waals surface area (Å²) in [7, 11) is 0. The number of hydrogen-bond acceptors (Lipinski definition) is 12. The van der Waals surface area contributed by atoms with Crippen LogP contribution in [0.4, 0.5) is 45.5 Å². The first-order chi connectivity index (χ1) is 20.0. The first kappa shape index (κ1) is 35.6. The van der Waals surface area contributed by atoms with Crippen molar-refractivity contribution < 1.29 is 19.7 Å². The predicted molar refractivity (Wildman–Crippen MR) is 165 cm³/mol. The number of benzene rings is 4. The van der Waals surface area contributed by atoms with Gasteiger partial charge in [0, 0.05) is 52.8 Å². The van der Waals surface area contributed by atoms with Crippen LogP contribution < -0.4 is 22.9 Å². The molecule has 226 valence electrons. The maximum Gasteiger partial charge on any atom is 0.293 e. The zero-order valence-electron chi connectivity index (χ0n) is 21.5. The number of hydrogen-bond donors (Lipinski definition) is 4. The van der Waals surface area contributed by atoms with E-state index in [1.54, 1.807) is 0 Å². The second-order valence-electron chi connectivity index (χ2n) is 7.74. The van der Waals surface area contributed by atoms with Crippen LogP contribution in [0.15, 0.2) is 78.9 Å². The molecule has 4 rings (SSSR count). The minimum absolute atomic E-state index is 0.0517. The highest BCUT2D eigenvalue weighted by atomic mass is 35.5. The van der Waals surface area contributed by atoms with Gasteiger partial charge < -0.3 is 22.9 Å². The van der Waals surface area contributed by atoms with Crippen LogP contribution in [0, 0.1) is 40.5 Å². The van der Waals surface area contributed by atoms with Crippen molar-refractivity contribution in [3.05, 3.63) is 134 Å². The summed E-state index contributed by atoms with van der Waals surface area (Å²) in [6.07, 6.45) is 0. The van der Waals surface area contributed by atoms with Gasteiger partial charge in [-0.2, -0.15) is 0 Å². The zero-order chi connectivity index (χ0) is 32.9. The van der Waals surface area contributed by atoms with E-state index >= 15 is 0 Å². The number of anilines is 4. The Hall–Kier alpha value is -5.45. The molecule has 0 heterocycles. The van der Waals surface area contributed by atoms with E-state index in [0.717, 1.165) is 0 Å². The lowest BCUT2D eigenvalue weighted by atomic mass is 10.3. The lowest BCUT2D eigenvalue weighted by molar-refractivity contribution is -0.385. The Morgan fingerprint density at radius 1 is 0.465 bits per heavy atom. The third-order valence-electron chi connectivity index (χ3n) is 4.65. The fraction of sp³-hybridized carbons (Fsp3) is 0. The van der Waals surface area contributed by atoms with E-state index in [-0.39, 0.29) is 38.5 Å². The summed E-state index contributed by atoms with van der Waals surface area (Å²) < 4.78 is 0. The Morgan fingerprint density at radius 2 is 0.953 bits per heavy atom. The molecule has 0 bridgehead atoms. The molecule has 0 aliphatic heterocycles. The van der Waals surface area contributed by atoms with E-state index in [2.05, 4.69) is 0 Å². The molecule has 0 saturated heterocycles. The van der Waals surface area contributed by atoms with Gasteiger partial charge in [-0.05, 0) is 42.5 Å². The molecule has 0 aromatic heterocycles. The van der Waals surface area contributed by atoms with Gasteiger partial charge in [0.25, 0.3) is 22.7 Å². The Kier molecular flexibility index (Phi) is 13.8. The van der Waals surface area contributed by atoms with Crippen LogP contribution >= 0.6 is 34.8 Å². The molecule has 16 nitrogen and oxygen atoms in total. The van der Waals surface area contributed by atoms with Crippen molar-refractivity contribution in [1.29, 1.82) is 0 Å². The first-order valence-electron chi connectivity index (χ1n) is 11.1. The molecule has 0 spiro atoms. The number of nitrogens with zero attached hydrogens (tertiary/aromatic N) is 4. The van der Waals surface area contributed by atoms with Crippen molar-refractivity contribution in [3.8, 4) is 0 Å². The summed E-state index contributed by atoms with van der Waals surface area (Å²) in [6.45, 7) is 0. The van der Waals surface area contributed by atoms with Gasteiger partial charge in [-0.15, -0.1) is 0 Å². The maximum atomic E-state index is 10.2. The summed E-state index contributed by atoms with van der Waals surface area (Å²) in [4.78, 5) is 38.6. The molecule has 0 aliphatic rings. The minimum atomic E-state index is -0.571. The standard InChI is InChI=1S/3C6H5ClN2O2.C6H6N2O2/c7-5-3-4(9(10)11)1-2-6(5)8;7-5-2-1-4(8)3-6(5)9(10)11;7-4-1-2-5(8)6(3-4)9(10)11;7-5-1-3-6(4-2-5)8(9)10/h3*1-3H,8H2;1-4H,7H2. The van der Waals surface area contributed by atoms with Crippen molar-refractivity contribution in [3.63, 3.8) is 0 Å². The lowest BCUT2D eigenvalue weighted by Crippen LogP contribution is -1.94. The fourth-order valence-corrected chi connectivity index (χ4v) is 3.10. The van der Waals surface area contributed by atoms with Gasteiger partial charge in [-0.25, -0.2) is 0 Å². The molecule has 19 heteroatoms. The maximum absolute atomic E-state index is 10.2. The number of nitro groups is 4. The van der Waals surface area contributed by atoms with Crippen LogP contribution in [0.3, 0.4) is 0 Å². The highest BCUT2D eigenvalue weighted by molar-refractivity contribution is 6.33. The monoisotopic (exact) mass is 654 g/mol. The van der Waals surface area contributed by atoms with Crippen molar-refractivity contribution in [2.75, 3.05) is 22.9 Å². The van der Waals surface area contributed by atoms with Gasteiger partial charge in [0.05, 0.1) is 30.4 Å². The molecule has 0 saturated carbocycles. The van der Waals surface area contributed by atoms with Gasteiger partial charge in [-0.1, -0.05) is 34.8 Å². The zero-order valence-corrected chi connectivity index (χ0v) is 23.8. The average Bonchev–Trinajstić information content (AvgIpc) is 2.94. The Labute approximate surface area is 257 Å². The molecule has 4 aromatic carbocycles. The second kappa shape index (κ2) is 16.7. The Morgan fingerprint density at radius 3 is 1.40 bits per heavy atom. The predicted octanol–water partition coefficient (Wildman–Crippen LogP) is 6.67. The van der Waals surface area contributed by atoms with Crippen LogP contribution in [0.2, 0.25) is 15.1 Å². The van der Waals surface area contributed by atoms with E-state index in [1.807, 2.05) is 0 Å². The number of non-ortho nitro benzene ring substituents is 2. The molecular formula is C24H21Cl3N8O8. The van der Waals surface area contributed by atoms with E-state index in [9.17, 15) is 40.5 Å². The van der Waals surface area contributed by atoms with Crippen molar-refractivity contribution >= 4 is 80.3 Å². The molecule has 0 atom stereocenters. The average molecular weight is 656 g/mol. The molecule has 0 aliphatic carbocycles. The third-order valence-corrected chi connectivity index (χ3v) is 5.54. The number of nitro benzene ring substituents is 4. The number of nitrogens with two attached hydrogens (primary N) is 4.